The van der Waals surface area contributed by atoms with E-state index in [9.17, 15) is 17.8 Å². The average Bonchev–Trinajstić information content (AvgIpc) is 2.38. The van der Waals surface area contributed by atoms with Gasteiger partial charge in [0.1, 0.15) is 16.2 Å². The highest BCUT2D eigenvalue weighted by Gasteiger charge is 2.14. The zero-order chi connectivity index (χ0) is 16.6. The first kappa shape index (κ1) is 19.6. The fraction of sp³-hybridized carbons (Fsp3) is 0.500. The summed E-state index contributed by atoms with van der Waals surface area (Å²) in [6.45, 7) is 5.59. The molecule has 0 fully saturated rings. The molecule has 6 nitrogen and oxygen atoms in total. The number of carbonyl (C=O) groups is 1. The Morgan fingerprint density at radius 2 is 1.76 bits per heavy atom. The molecule has 0 spiro atoms. The third-order valence-corrected chi connectivity index (χ3v) is 3.60. The molecule has 0 radical (unpaired) electrons. The van der Waals surface area contributed by atoms with Crippen LogP contribution in [-0.2, 0) is 21.3 Å². The van der Waals surface area contributed by atoms with Gasteiger partial charge >= 0.3 is 5.97 Å². The highest BCUT2D eigenvalue weighted by molar-refractivity contribution is 7.85. The predicted octanol–water partition coefficient (Wildman–Crippen LogP) is 1.60. The van der Waals surface area contributed by atoms with Crippen LogP contribution in [0.25, 0.3) is 0 Å². The lowest BCUT2D eigenvalue weighted by Crippen LogP contribution is -2.34. The first-order valence-corrected chi connectivity index (χ1v) is 8.03. The maximum Gasteiger partial charge on any atom is 0.320 e. The van der Waals surface area contributed by atoms with Crippen LogP contribution in [0.5, 0.6) is 0 Å². The lowest BCUT2D eigenvalue weighted by molar-refractivity contribution is -0.139. The van der Waals surface area contributed by atoms with Crippen LogP contribution in [0.4, 0.5) is 0 Å². The van der Waals surface area contributed by atoms with Crippen molar-refractivity contribution in [2.75, 3.05) is 0 Å². The molecule has 7 heteroatoms. The normalized spacial score (nSPS) is 12.5. The van der Waals surface area contributed by atoms with Crippen molar-refractivity contribution in [1.82, 2.24) is 0 Å². The summed E-state index contributed by atoms with van der Waals surface area (Å²) in [5.41, 5.74) is 6.21. The van der Waals surface area contributed by atoms with Gasteiger partial charge in [-0.15, -0.1) is 0 Å². The molecule has 0 saturated carbocycles. The van der Waals surface area contributed by atoms with Gasteiger partial charge in [-0.05, 0) is 30.0 Å². The number of aryl methyl sites for hydroxylation is 1. The molecule has 3 N–H and O–H groups in total. The van der Waals surface area contributed by atoms with Crippen molar-refractivity contribution < 1.29 is 22.9 Å². The van der Waals surface area contributed by atoms with Gasteiger partial charge in [-0.1, -0.05) is 39.3 Å². The Kier molecular flexibility index (Phi) is 8.16. The van der Waals surface area contributed by atoms with Crippen LogP contribution in [-0.4, -0.2) is 30.1 Å². The second-order valence-electron chi connectivity index (χ2n) is 4.96. The second-order valence-corrected chi connectivity index (χ2v) is 6.34. The van der Waals surface area contributed by atoms with Gasteiger partial charge in [-0.2, -0.15) is 0 Å². The fourth-order valence-corrected chi connectivity index (χ4v) is 1.87. The molecule has 0 aliphatic heterocycles. The van der Waals surface area contributed by atoms with E-state index < -0.39 is 22.1 Å². The van der Waals surface area contributed by atoms with Gasteiger partial charge in [-0.3, -0.25) is 4.79 Å². The number of carboxylic acid groups (broad SMARTS) is 1. The third-order valence-electron chi connectivity index (χ3n) is 2.75. The zero-order valence-corrected chi connectivity index (χ0v) is 13.3. The summed E-state index contributed by atoms with van der Waals surface area (Å²) in [6, 6.07) is 5.35. The lowest BCUT2D eigenvalue weighted by Gasteiger charge is -2.07. The first-order chi connectivity index (χ1) is 9.59. The number of rotatable bonds is 5. The molecule has 0 heterocycles. The summed E-state index contributed by atoms with van der Waals surface area (Å²) in [7, 11) is -4.28. The van der Waals surface area contributed by atoms with E-state index in [1.807, 2.05) is 6.92 Å². The molecule has 0 saturated heterocycles. The number of hydrogen-bond acceptors (Lipinski definition) is 5. The lowest BCUT2D eigenvalue weighted by atomic mass is 10.1. The molecule has 1 aromatic carbocycles. The molecule has 0 amide bonds. The van der Waals surface area contributed by atoms with Gasteiger partial charge in [0.05, 0.1) is 4.90 Å². The Morgan fingerprint density at radius 3 is 2.00 bits per heavy atom. The van der Waals surface area contributed by atoms with Crippen molar-refractivity contribution in [2.24, 2.45) is 11.7 Å². The number of benzene rings is 1. The van der Waals surface area contributed by atoms with Crippen molar-refractivity contribution in [1.29, 1.82) is 0 Å². The average molecular weight is 316 g/mol. The highest BCUT2D eigenvalue weighted by atomic mass is 32.2. The SMILES string of the molecule is CC(C)[C@H](N)C(=O)O.CCCc1ccc(S(=O)(=O)[O-])cc1. The maximum atomic E-state index is 10.5. The van der Waals surface area contributed by atoms with Gasteiger partial charge in [0, 0.05) is 0 Å². The summed E-state index contributed by atoms with van der Waals surface area (Å²) in [5.74, 6) is -0.910. The maximum absolute atomic E-state index is 10.5. The van der Waals surface area contributed by atoms with E-state index >= 15 is 0 Å². The smallest absolute Gasteiger partial charge is 0.320 e. The molecule has 0 bridgehead atoms. The summed E-state index contributed by atoms with van der Waals surface area (Å²) < 4.78 is 31.6. The minimum atomic E-state index is -4.28. The molecule has 21 heavy (non-hydrogen) atoms. The Morgan fingerprint density at radius 1 is 1.29 bits per heavy atom. The zero-order valence-electron chi connectivity index (χ0n) is 12.4. The standard InChI is InChI=1S/C9H12O3S.C5H11NO2/c1-2-3-8-4-6-9(7-5-8)13(10,11)12;1-3(2)4(6)5(7)8/h4-7H,2-3H2,1H3,(H,10,11,12);3-4H,6H2,1-2H3,(H,7,8)/p-1/t;4-/m.0/s1. The summed E-state index contributed by atoms with van der Waals surface area (Å²) in [5, 5.41) is 8.23. The number of nitrogens with two attached hydrogens (primary N) is 1. The number of aliphatic carboxylic acids is 1. The molecule has 0 unspecified atom stereocenters. The molecule has 1 atom stereocenters. The quantitative estimate of drug-likeness (QED) is 0.796. The fourth-order valence-electron chi connectivity index (χ4n) is 1.40. The number of hydrogen-bond donors (Lipinski definition) is 2. The van der Waals surface area contributed by atoms with Crippen LogP contribution in [0.1, 0.15) is 32.8 Å². The minimum Gasteiger partial charge on any atom is -0.744 e. The van der Waals surface area contributed by atoms with Crippen molar-refractivity contribution in [3.8, 4) is 0 Å². The largest absolute Gasteiger partial charge is 0.744 e. The monoisotopic (exact) mass is 316 g/mol. The Hall–Kier alpha value is -1.44. The summed E-state index contributed by atoms with van der Waals surface area (Å²) >= 11 is 0. The van der Waals surface area contributed by atoms with Crippen LogP contribution in [0, 0.1) is 5.92 Å². The topological polar surface area (TPSA) is 121 Å². The second kappa shape index (κ2) is 8.76. The van der Waals surface area contributed by atoms with Gasteiger partial charge in [0.15, 0.2) is 0 Å². The molecule has 120 valence electrons. The van der Waals surface area contributed by atoms with E-state index in [4.69, 9.17) is 10.8 Å². The molecule has 1 aromatic rings. The molecular weight excluding hydrogens is 294 g/mol. The van der Waals surface area contributed by atoms with Crippen LogP contribution in [0.3, 0.4) is 0 Å². The predicted molar refractivity (Wildman–Crippen MR) is 78.8 cm³/mol. The van der Waals surface area contributed by atoms with E-state index in [-0.39, 0.29) is 10.8 Å². The molecule has 1 rings (SSSR count). The van der Waals surface area contributed by atoms with Crippen LogP contribution < -0.4 is 5.73 Å². The van der Waals surface area contributed by atoms with E-state index in [0.717, 1.165) is 18.4 Å². The van der Waals surface area contributed by atoms with Gasteiger partial charge < -0.3 is 15.4 Å². The van der Waals surface area contributed by atoms with Crippen molar-refractivity contribution in [2.45, 2.75) is 44.6 Å². The third kappa shape index (κ3) is 7.79. The van der Waals surface area contributed by atoms with Gasteiger partial charge in [-0.25, -0.2) is 8.42 Å². The number of carboxylic acids is 1. The van der Waals surface area contributed by atoms with E-state index in [1.54, 1.807) is 26.0 Å². The Balaban J connectivity index is 0.000000433. The van der Waals surface area contributed by atoms with Crippen LogP contribution in [0.15, 0.2) is 29.2 Å². The van der Waals surface area contributed by atoms with Crippen molar-refractivity contribution in [3.05, 3.63) is 29.8 Å². The summed E-state index contributed by atoms with van der Waals surface area (Å²) in [6.07, 6.45) is 1.91. The van der Waals surface area contributed by atoms with E-state index in [0.29, 0.717) is 0 Å². The summed E-state index contributed by atoms with van der Waals surface area (Å²) in [4.78, 5) is 9.86. The highest BCUT2D eigenvalue weighted by Crippen LogP contribution is 2.10. The Labute approximate surface area is 125 Å². The molecule has 0 aliphatic carbocycles. The van der Waals surface area contributed by atoms with Gasteiger partial charge in [0.25, 0.3) is 0 Å². The van der Waals surface area contributed by atoms with Gasteiger partial charge in [0.2, 0.25) is 0 Å². The molecular formula is C14H22NO5S-. The van der Waals surface area contributed by atoms with Crippen molar-refractivity contribution >= 4 is 16.1 Å². The molecule has 0 aromatic heterocycles. The van der Waals surface area contributed by atoms with Crippen LogP contribution >= 0.6 is 0 Å². The van der Waals surface area contributed by atoms with Crippen molar-refractivity contribution in [3.63, 3.8) is 0 Å². The molecule has 0 aliphatic rings. The van der Waals surface area contributed by atoms with E-state index in [2.05, 4.69) is 0 Å². The first-order valence-electron chi connectivity index (χ1n) is 6.62. The minimum absolute atomic E-state index is 0.0208. The Bertz CT molecular complexity index is 537. The van der Waals surface area contributed by atoms with Crippen LogP contribution in [0.2, 0.25) is 0 Å². The van der Waals surface area contributed by atoms with E-state index in [1.165, 1.54) is 12.1 Å².